The maximum Gasteiger partial charge on any atom is 0.320 e. The molecule has 0 aromatic heterocycles. The Balaban J connectivity index is 2.48. The van der Waals surface area contributed by atoms with Crippen LogP contribution in [0.5, 0.6) is 0 Å². The van der Waals surface area contributed by atoms with Gasteiger partial charge in [-0.05, 0) is 20.3 Å². The molecular weight excluding hydrogens is 166 g/mol. The van der Waals surface area contributed by atoms with E-state index >= 15 is 0 Å². The molecular formula is C9H19N3O. The number of nitrogens with two attached hydrogens (primary N) is 1. The van der Waals surface area contributed by atoms with Crippen molar-refractivity contribution < 1.29 is 4.79 Å². The Bertz CT molecular complexity index is 193. The van der Waals surface area contributed by atoms with Gasteiger partial charge in [0, 0.05) is 32.2 Å². The van der Waals surface area contributed by atoms with Crippen molar-refractivity contribution in [2.24, 2.45) is 5.73 Å². The fourth-order valence-corrected chi connectivity index (χ4v) is 1.40. The molecule has 1 fully saturated rings. The molecule has 0 aromatic rings. The van der Waals surface area contributed by atoms with Crippen molar-refractivity contribution in [2.75, 3.05) is 20.1 Å². The quantitative estimate of drug-likeness (QED) is 0.646. The predicted octanol–water partition coefficient (Wildman–Crippen LogP) is 0.480. The molecule has 1 heterocycles. The maximum absolute atomic E-state index is 11.7. The zero-order valence-electron chi connectivity index (χ0n) is 8.66. The minimum absolute atomic E-state index is 0.1000. The van der Waals surface area contributed by atoms with Gasteiger partial charge in [-0.25, -0.2) is 4.79 Å². The first kappa shape index (κ1) is 10.3. The van der Waals surface area contributed by atoms with Gasteiger partial charge in [0.25, 0.3) is 0 Å². The third-order valence-corrected chi connectivity index (χ3v) is 2.57. The van der Waals surface area contributed by atoms with Gasteiger partial charge in [0.15, 0.2) is 0 Å². The van der Waals surface area contributed by atoms with Crippen LogP contribution in [0.3, 0.4) is 0 Å². The summed E-state index contributed by atoms with van der Waals surface area (Å²) in [6.07, 6.45) is 0.928. The van der Waals surface area contributed by atoms with Gasteiger partial charge >= 0.3 is 6.03 Å². The van der Waals surface area contributed by atoms with E-state index in [4.69, 9.17) is 5.73 Å². The summed E-state index contributed by atoms with van der Waals surface area (Å²) in [6, 6.07) is 0.525. The van der Waals surface area contributed by atoms with E-state index in [-0.39, 0.29) is 18.1 Å². The van der Waals surface area contributed by atoms with Crippen LogP contribution in [-0.4, -0.2) is 48.1 Å². The molecule has 0 bridgehead atoms. The molecule has 1 rings (SSSR count). The number of carbonyl (C=O) groups excluding carboxylic acids is 1. The minimum atomic E-state index is 0.1000. The molecule has 1 aliphatic rings. The van der Waals surface area contributed by atoms with Crippen LogP contribution in [0.25, 0.3) is 0 Å². The van der Waals surface area contributed by atoms with Gasteiger partial charge in [-0.3, -0.25) is 0 Å². The largest absolute Gasteiger partial charge is 0.326 e. The Morgan fingerprint density at radius 1 is 1.62 bits per heavy atom. The van der Waals surface area contributed by atoms with E-state index in [0.29, 0.717) is 6.54 Å². The normalized spacial score (nSPS) is 22.5. The van der Waals surface area contributed by atoms with Crippen molar-refractivity contribution >= 4 is 6.03 Å². The van der Waals surface area contributed by atoms with Crippen molar-refractivity contribution in [3.8, 4) is 0 Å². The molecule has 1 aliphatic heterocycles. The third kappa shape index (κ3) is 2.34. The summed E-state index contributed by atoms with van der Waals surface area (Å²) in [5.74, 6) is 0. The summed E-state index contributed by atoms with van der Waals surface area (Å²) >= 11 is 0. The van der Waals surface area contributed by atoms with Crippen LogP contribution in [0.2, 0.25) is 0 Å². The number of carbonyl (C=O) groups is 1. The Kier molecular flexibility index (Phi) is 3.14. The summed E-state index contributed by atoms with van der Waals surface area (Å²) in [4.78, 5) is 15.3. The van der Waals surface area contributed by atoms with Gasteiger partial charge in [0.2, 0.25) is 0 Å². The van der Waals surface area contributed by atoms with Gasteiger partial charge < -0.3 is 15.5 Å². The van der Waals surface area contributed by atoms with Gasteiger partial charge in [0.1, 0.15) is 0 Å². The molecule has 0 aromatic carbocycles. The van der Waals surface area contributed by atoms with Crippen LogP contribution < -0.4 is 5.73 Å². The highest BCUT2D eigenvalue weighted by molar-refractivity contribution is 5.74. The molecule has 2 amide bonds. The van der Waals surface area contributed by atoms with Gasteiger partial charge in [-0.2, -0.15) is 0 Å². The number of hydrogen-bond acceptors (Lipinski definition) is 2. The molecule has 13 heavy (non-hydrogen) atoms. The summed E-state index contributed by atoms with van der Waals surface area (Å²) in [7, 11) is 1.83. The molecule has 0 spiro atoms. The number of nitrogens with zero attached hydrogens (tertiary/aromatic N) is 2. The topological polar surface area (TPSA) is 49.6 Å². The van der Waals surface area contributed by atoms with Crippen LogP contribution >= 0.6 is 0 Å². The summed E-state index contributed by atoms with van der Waals surface area (Å²) in [6.45, 7) is 5.52. The van der Waals surface area contributed by atoms with E-state index in [1.165, 1.54) is 0 Å². The molecule has 1 saturated heterocycles. The molecule has 0 saturated carbocycles. The first-order valence-corrected chi connectivity index (χ1v) is 4.79. The van der Waals surface area contributed by atoms with E-state index in [2.05, 4.69) is 0 Å². The second-order valence-electron chi connectivity index (χ2n) is 3.98. The molecule has 76 valence electrons. The van der Waals surface area contributed by atoms with Gasteiger partial charge in [-0.15, -0.1) is 0 Å². The second kappa shape index (κ2) is 3.96. The zero-order chi connectivity index (χ0) is 10.0. The lowest BCUT2D eigenvalue weighted by Gasteiger charge is -2.27. The molecule has 1 atom stereocenters. The molecule has 2 N–H and O–H groups in total. The lowest BCUT2D eigenvalue weighted by Crippen LogP contribution is -2.43. The lowest BCUT2D eigenvalue weighted by atomic mass is 10.3. The third-order valence-electron chi connectivity index (χ3n) is 2.57. The van der Waals surface area contributed by atoms with Gasteiger partial charge in [-0.1, -0.05) is 0 Å². The fourth-order valence-electron chi connectivity index (χ4n) is 1.40. The van der Waals surface area contributed by atoms with Crippen molar-refractivity contribution in [3.63, 3.8) is 0 Å². The van der Waals surface area contributed by atoms with Crippen molar-refractivity contribution in [1.29, 1.82) is 0 Å². The Hall–Kier alpha value is -0.770. The predicted molar refractivity (Wildman–Crippen MR) is 52.5 cm³/mol. The molecule has 1 unspecified atom stereocenters. The molecule has 4 nitrogen and oxygen atoms in total. The first-order chi connectivity index (χ1) is 6.02. The van der Waals surface area contributed by atoms with Crippen LogP contribution in [-0.2, 0) is 0 Å². The van der Waals surface area contributed by atoms with Crippen molar-refractivity contribution in [1.82, 2.24) is 9.80 Å². The van der Waals surface area contributed by atoms with E-state index in [1.807, 2.05) is 25.8 Å². The second-order valence-corrected chi connectivity index (χ2v) is 3.98. The highest BCUT2D eigenvalue weighted by Gasteiger charge is 2.26. The average Bonchev–Trinajstić information content (AvgIpc) is 2.49. The van der Waals surface area contributed by atoms with E-state index < -0.39 is 0 Å². The van der Waals surface area contributed by atoms with E-state index in [0.717, 1.165) is 13.0 Å². The van der Waals surface area contributed by atoms with Crippen LogP contribution in [0, 0.1) is 0 Å². The van der Waals surface area contributed by atoms with E-state index in [1.54, 1.807) is 4.90 Å². The van der Waals surface area contributed by atoms with Crippen LogP contribution in [0.15, 0.2) is 0 Å². The fraction of sp³-hybridized carbons (Fsp3) is 0.889. The first-order valence-electron chi connectivity index (χ1n) is 4.79. The maximum atomic E-state index is 11.7. The molecule has 4 heteroatoms. The highest BCUT2D eigenvalue weighted by atomic mass is 16.2. The minimum Gasteiger partial charge on any atom is -0.326 e. The van der Waals surface area contributed by atoms with Crippen LogP contribution in [0.4, 0.5) is 4.79 Å². The Morgan fingerprint density at radius 2 is 2.23 bits per heavy atom. The average molecular weight is 185 g/mol. The highest BCUT2D eigenvalue weighted by Crippen LogP contribution is 2.10. The van der Waals surface area contributed by atoms with E-state index in [9.17, 15) is 4.79 Å². The SMILES string of the molecule is CC(C)N(C)C(=O)N1CCC(N)C1. The number of hydrogen-bond donors (Lipinski definition) is 1. The standard InChI is InChI=1S/C9H19N3O/c1-7(2)11(3)9(13)12-5-4-8(10)6-12/h7-8H,4-6,10H2,1-3H3. The number of likely N-dealkylation sites (tertiary alicyclic amines) is 1. The number of urea groups is 1. The monoisotopic (exact) mass is 185 g/mol. The molecule has 0 radical (unpaired) electrons. The Morgan fingerprint density at radius 3 is 2.62 bits per heavy atom. The summed E-state index contributed by atoms with van der Waals surface area (Å²) in [5.41, 5.74) is 5.73. The molecule has 0 aliphatic carbocycles. The van der Waals surface area contributed by atoms with Crippen LogP contribution in [0.1, 0.15) is 20.3 Å². The van der Waals surface area contributed by atoms with Gasteiger partial charge in [0.05, 0.1) is 0 Å². The van der Waals surface area contributed by atoms with Crippen molar-refractivity contribution in [2.45, 2.75) is 32.4 Å². The lowest BCUT2D eigenvalue weighted by molar-refractivity contribution is 0.162. The number of amides is 2. The van der Waals surface area contributed by atoms with Crippen molar-refractivity contribution in [3.05, 3.63) is 0 Å². The summed E-state index contributed by atoms with van der Waals surface area (Å²) in [5, 5.41) is 0. The Labute approximate surface area is 79.7 Å². The summed E-state index contributed by atoms with van der Waals surface area (Å²) < 4.78 is 0. The number of rotatable bonds is 1. The smallest absolute Gasteiger partial charge is 0.320 e. The zero-order valence-corrected chi connectivity index (χ0v) is 8.66.